The molecule has 3 aromatic rings. The van der Waals surface area contributed by atoms with Crippen LogP contribution in [-0.4, -0.2) is 21.8 Å². The molecular formula is C21H20BrN3O2. The second kappa shape index (κ2) is 7.80. The van der Waals surface area contributed by atoms with Crippen molar-refractivity contribution in [2.24, 2.45) is 5.10 Å². The van der Waals surface area contributed by atoms with Gasteiger partial charge in [0.2, 0.25) is 0 Å². The summed E-state index contributed by atoms with van der Waals surface area (Å²) in [5.74, 6) is -0.568. The minimum absolute atomic E-state index is 0.0939. The number of rotatable bonds is 4. The molecule has 0 radical (unpaired) electrons. The van der Waals surface area contributed by atoms with Crippen LogP contribution in [0.5, 0.6) is 5.75 Å². The highest BCUT2D eigenvalue weighted by molar-refractivity contribution is 9.10. The lowest BCUT2D eigenvalue weighted by Crippen LogP contribution is -2.17. The molecule has 1 amide bonds. The van der Waals surface area contributed by atoms with Crippen LogP contribution in [0.25, 0.3) is 5.69 Å². The Morgan fingerprint density at radius 2 is 1.89 bits per heavy atom. The third-order valence-electron chi connectivity index (χ3n) is 4.40. The van der Waals surface area contributed by atoms with E-state index in [4.69, 9.17) is 0 Å². The third-order valence-corrected chi connectivity index (χ3v) is 4.89. The van der Waals surface area contributed by atoms with Crippen molar-refractivity contribution in [2.75, 3.05) is 0 Å². The summed E-state index contributed by atoms with van der Waals surface area (Å²) in [6, 6.07) is 14.9. The Bertz CT molecular complexity index is 1040. The van der Waals surface area contributed by atoms with Gasteiger partial charge >= 0.3 is 0 Å². The zero-order chi connectivity index (χ0) is 19.6. The number of benzene rings is 2. The maximum atomic E-state index is 12.2. The average Bonchev–Trinajstić information content (AvgIpc) is 2.91. The van der Waals surface area contributed by atoms with Crippen molar-refractivity contribution >= 4 is 28.1 Å². The van der Waals surface area contributed by atoms with Crippen molar-refractivity contribution < 1.29 is 9.90 Å². The van der Waals surface area contributed by atoms with Crippen molar-refractivity contribution in [3.05, 3.63) is 81.1 Å². The van der Waals surface area contributed by atoms with E-state index in [1.54, 1.807) is 18.3 Å². The number of nitrogens with one attached hydrogen (secondary N) is 1. The van der Waals surface area contributed by atoms with Crippen molar-refractivity contribution in [3.63, 3.8) is 0 Å². The number of hydrogen-bond donors (Lipinski definition) is 2. The minimum Gasteiger partial charge on any atom is -0.507 e. The average molecular weight is 426 g/mol. The molecule has 1 aromatic heterocycles. The lowest BCUT2D eigenvalue weighted by Gasteiger charge is -2.12. The number of phenols is 1. The normalized spacial score (nSPS) is 11.1. The van der Waals surface area contributed by atoms with Crippen LogP contribution in [0.3, 0.4) is 0 Å². The summed E-state index contributed by atoms with van der Waals surface area (Å²) in [5, 5.41) is 13.9. The first kappa shape index (κ1) is 18.9. The second-order valence-corrected chi connectivity index (χ2v) is 7.22. The summed E-state index contributed by atoms with van der Waals surface area (Å²) in [4.78, 5) is 12.2. The topological polar surface area (TPSA) is 66.6 Å². The summed E-state index contributed by atoms with van der Waals surface area (Å²) in [7, 11) is 0. The monoisotopic (exact) mass is 425 g/mol. The van der Waals surface area contributed by atoms with Gasteiger partial charge in [-0.1, -0.05) is 34.1 Å². The van der Waals surface area contributed by atoms with Crippen LogP contribution in [0.4, 0.5) is 0 Å². The van der Waals surface area contributed by atoms with Crippen molar-refractivity contribution in [1.82, 2.24) is 9.99 Å². The van der Waals surface area contributed by atoms with Gasteiger partial charge in [0, 0.05) is 27.1 Å². The predicted molar refractivity (Wildman–Crippen MR) is 111 cm³/mol. The number of hydrogen-bond acceptors (Lipinski definition) is 3. The van der Waals surface area contributed by atoms with Gasteiger partial charge in [0.05, 0.1) is 11.8 Å². The largest absolute Gasteiger partial charge is 0.507 e. The number of para-hydroxylation sites is 1. The fourth-order valence-electron chi connectivity index (χ4n) is 3.01. The first-order valence-electron chi connectivity index (χ1n) is 8.45. The van der Waals surface area contributed by atoms with Gasteiger partial charge in [0.1, 0.15) is 5.75 Å². The molecule has 0 fully saturated rings. The molecule has 0 aliphatic carbocycles. The molecule has 0 spiro atoms. The highest BCUT2D eigenvalue weighted by Gasteiger charge is 2.12. The Kier molecular flexibility index (Phi) is 5.46. The van der Waals surface area contributed by atoms with Gasteiger partial charge in [-0.2, -0.15) is 5.10 Å². The van der Waals surface area contributed by atoms with Crippen molar-refractivity contribution in [2.45, 2.75) is 20.8 Å². The van der Waals surface area contributed by atoms with E-state index in [-0.39, 0.29) is 11.3 Å². The van der Waals surface area contributed by atoms with Crippen LogP contribution >= 0.6 is 15.9 Å². The van der Waals surface area contributed by atoms with Crippen molar-refractivity contribution in [3.8, 4) is 11.4 Å². The summed E-state index contributed by atoms with van der Waals surface area (Å²) in [6.07, 6.45) is 1.62. The fourth-order valence-corrected chi connectivity index (χ4v) is 3.38. The summed E-state index contributed by atoms with van der Waals surface area (Å²) in [5.41, 5.74) is 7.95. The lowest BCUT2D eigenvalue weighted by molar-refractivity contribution is 0.0952. The Morgan fingerprint density at radius 1 is 1.15 bits per heavy atom. The molecule has 1 heterocycles. The number of aromatic hydroxyl groups is 1. The molecule has 2 N–H and O–H groups in total. The summed E-state index contributed by atoms with van der Waals surface area (Å²) in [6.45, 7) is 6.13. The molecule has 138 valence electrons. The van der Waals surface area contributed by atoms with Crippen LogP contribution < -0.4 is 5.43 Å². The summed E-state index contributed by atoms with van der Waals surface area (Å²) < 4.78 is 2.87. The maximum Gasteiger partial charge on any atom is 0.275 e. The molecular weight excluding hydrogens is 406 g/mol. The number of nitrogens with zero attached hydrogens (tertiary/aromatic N) is 2. The van der Waals surface area contributed by atoms with E-state index in [2.05, 4.69) is 50.1 Å². The van der Waals surface area contributed by atoms with E-state index in [1.807, 2.05) is 32.0 Å². The van der Waals surface area contributed by atoms with Gasteiger partial charge in [-0.15, -0.1) is 0 Å². The third kappa shape index (κ3) is 3.95. The zero-order valence-electron chi connectivity index (χ0n) is 15.3. The molecule has 0 saturated carbocycles. The van der Waals surface area contributed by atoms with Gasteiger partial charge in [-0.05, 0) is 56.7 Å². The first-order valence-corrected chi connectivity index (χ1v) is 9.24. The fraction of sp³-hybridized carbons (Fsp3) is 0.143. The molecule has 0 unspecified atom stereocenters. The highest BCUT2D eigenvalue weighted by atomic mass is 79.9. The Morgan fingerprint density at radius 3 is 2.63 bits per heavy atom. The molecule has 0 saturated heterocycles. The van der Waals surface area contributed by atoms with Gasteiger partial charge in [-0.3, -0.25) is 4.79 Å². The Balaban J connectivity index is 1.82. The molecule has 0 aliphatic rings. The molecule has 0 aliphatic heterocycles. The van der Waals surface area contributed by atoms with E-state index < -0.39 is 5.91 Å². The van der Waals surface area contributed by atoms with Gasteiger partial charge in [-0.25, -0.2) is 5.43 Å². The van der Waals surface area contributed by atoms with E-state index in [0.717, 1.165) is 22.6 Å². The van der Waals surface area contributed by atoms with E-state index >= 15 is 0 Å². The van der Waals surface area contributed by atoms with Crippen LogP contribution in [0.2, 0.25) is 0 Å². The number of aryl methyl sites for hydroxylation is 2. The molecule has 6 heteroatoms. The number of phenolic OH excluding ortho intramolecular Hbond substituents is 1. The molecule has 2 aromatic carbocycles. The molecule has 27 heavy (non-hydrogen) atoms. The zero-order valence-corrected chi connectivity index (χ0v) is 16.9. The number of amides is 1. The Hall–Kier alpha value is -2.86. The maximum absolute atomic E-state index is 12.2. The quantitative estimate of drug-likeness (QED) is 0.472. The second-order valence-electron chi connectivity index (χ2n) is 6.31. The van der Waals surface area contributed by atoms with Crippen LogP contribution in [0.15, 0.2) is 58.1 Å². The standard InChI is InChI=1S/C21H20BrN3O2/c1-13-6-4-5-7-19(13)25-14(2)10-16(15(25)3)12-23-24-21(27)18-11-17(22)8-9-20(18)26/h4-12,26H,1-3H3,(H,24,27)/b23-12+. The van der Waals surface area contributed by atoms with E-state index in [1.165, 1.54) is 11.6 Å². The Labute approximate surface area is 166 Å². The number of carbonyl (C=O) groups is 1. The number of aromatic nitrogens is 1. The molecule has 0 bridgehead atoms. The number of halogens is 1. The van der Waals surface area contributed by atoms with Gasteiger partial charge in [0.25, 0.3) is 5.91 Å². The number of hydrazone groups is 1. The van der Waals surface area contributed by atoms with E-state index in [9.17, 15) is 9.90 Å². The van der Waals surface area contributed by atoms with Crippen LogP contribution in [-0.2, 0) is 0 Å². The summed E-state index contributed by atoms with van der Waals surface area (Å²) >= 11 is 3.29. The van der Waals surface area contributed by atoms with Crippen LogP contribution in [0.1, 0.15) is 32.9 Å². The van der Waals surface area contributed by atoms with Gasteiger partial charge in [0.15, 0.2) is 0 Å². The molecule has 0 atom stereocenters. The number of carbonyl (C=O) groups excluding carboxylic acids is 1. The first-order chi connectivity index (χ1) is 12.9. The minimum atomic E-state index is -0.474. The smallest absolute Gasteiger partial charge is 0.275 e. The predicted octanol–water partition coefficient (Wildman–Crippen LogP) is 4.63. The molecule has 5 nitrogen and oxygen atoms in total. The lowest BCUT2D eigenvalue weighted by atomic mass is 10.2. The van der Waals surface area contributed by atoms with Crippen LogP contribution in [0, 0.1) is 20.8 Å². The molecule has 3 rings (SSSR count). The highest BCUT2D eigenvalue weighted by Crippen LogP contribution is 2.23. The van der Waals surface area contributed by atoms with Gasteiger partial charge < -0.3 is 9.67 Å². The van der Waals surface area contributed by atoms with E-state index in [0.29, 0.717) is 4.47 Å². The van der Waals surface area contributed by atoms with Crippen molar-refractivity contribution in [1.29, 1.82) is 0 Å². The SMILES string of the molecule is Cc1ccccc1-n1c(C)cc(/C=N/NC(=O)c2cc(Br)ccc2O)c1C.